The number of unbranched alkanes of at least 4 members (excludes halogenated alkanes) is 6. The molecule has 4 N–H and O–H groups in total. The number of nitrogens with one attached hydrogen (secondary N) is 3. The monoisotopic (exact) mass is 487 g/mol. The molecule has 8 heteroatoms. The van der Waals surface area contributed by atoms with Crippen LogP contribution in [-0.4, -0.2) is 36.1 Å². The molecule has 1 heterocycles. The van der Waals surface area contributed by atoms with Crippen LogP contribution in [0.25, 0.3) is 0 Å². The number of hydrogen-bond acceptors (Lipinski definition) is 4. The molecule has 1 aromatic heterocycles. The largest absolute Gasteiger partial charge is 0.478 e. The van der Waals surface area contributed by atoms with E-state index in [4.69, 9.17) is 0 Å². The van der Waals surface area contributed by atoms with Gasteiger partial charge in [0.2, 0.25) is 0 Å². The average molecular weight is 488 g/mol. The summed E-state index contributed by atoms with van der Waals surface area (Å²) in [7, 11) is 0. The van der Waals surface area contributed by atoms with Crippen molar-refractivity contribution in [3.8, 4) is 0 Å². The normalized spacial score (nSPS) is 10.6. The van der Waals surface area contributed by atoms with Gasteiger partial charge >= 0.3 is 12.0 Å². The molecule has 0 saturated heterocycles. The maximum absolute atomic E-state index is 12.7. The highest BCUT2D eigenvalue weighted by atomic mass is 32.1. The van der Waals surface area contributed by atoms with Gasteiger partial charge in [0.25, 0.3) is 5.91 Å². The molecule has 0 bridgehead atoms. The molecule has 0 aliphatic heterocycles. The number of anilines is 1. The molecule has 0 radical (unpaired) electrons. The number of rotatable bonds is 15. The van der Waals surface area contributed by atoms with Crippen molar-refractivity contribution in [1.82, 2.24) is 10.6 Å². The zero-order valence-electron chi connectivity index (χ0n) is 20.2. The summed E-state index contributed by atoms with van der Waals surface area (Å²) >= 11 is 1.000. The Morgan fingerprint density at radius 1 is 0.882 bits per heavy atom. The van der Waals surface area contributed by atoms with Gasteiger partial charge in [0, 0.05) is 13.1 Å². The number of aromatic carboxylic acids is 1. The van der Waals surface area contributed by atoms with Crippen molar-refractivity contribution in [2.75, 3.05) is 18.4 Å². The smallest absolute Gasteiger partial charge is 0.339 e. The van der Waals surface area contributed by atoms with Crippen molar-refractivity contribution in [3.63, 3.8) is 0 Å². The number of carboxylic acid groups (broad SMARTS) is 1. The lowest BCUT2D eigenvalue weighted by atomic mass is 10.1. The first-order valence-corrected chi connectivity index (χ1v) is 13.0. The molecule has 0 saturated carbocycles. The first kappa shape index (κ1) is 27.4. The van der Waals surface area contributed by atoms with E-state index in [0.29, 0.717) is 23.5 Å². The van der Waals surface area contributed by atoms with Crippen molar-refractivity contribution < 1.29 is 19.5 Å². The van der Waals surface area contributed by atoms with Gasteiger partial charge in [-0.3, -0.25) is 10.1 Å². The molecule has 2 rings (SSSR count). The second kappa shape index (κ2) is 15.1. The van der Waals surface area contributed by atoms with Crippen LogP contribution in [0.4, 0.5) is 9.80 Å². The van der Waals surface area contributed by atoms with Gasteiger partial charge in [0.05, 0.1) is 10.4 Å². The van der Waals surface area contributed by atoms with Gasteiger partial charge in [-0.05, 0) is 43.7 Å². The average Bonchev–Trinajstić information content (AvgIpc) is 3.14. The minimum absolute atomic E-state index is 0.0334. The summed E-state index contributed by atoms with van der Waals surface area (Å²) in [5.74, 6) is -1.48. The Morgan fingerprint density at radius 3 is 2.24 bits per heavy atom. The van der Waals surface area contributed by atoms with Crippen LogP contribution < -0.4 is 16.0 Å². The Hall–Kier alpha value is -2.87. The summed E-state index contributed by atoms with van der Waals surface area (Å²) in [4.78, 5) is 37.0. The van der Waals surface area contributed by atoms with Gasteiger partial charge in [0.1, 0.15) is 5.00 Å². The summed E-state index contributed by atoms with van der Waals surface area (Å²) in [6.45, 7) is 4.81. The highest BCUT2D eigenvalue weighted by molar-refractivity contribution is 7.18. The molecule has 3 amide bonds. The van der Waals surface area contributed by atoms with Crippen molar-refractivity contribution in [1.29, 1.82) is 0 Å². The molecule has 0 fully saturated rings. The summed E-state index contributed by atoms with van der Waals surface area (Å²) in [6, 6.07) is 9.72. The molecule has 0 aliphatic carbocycles. The Kier molecular flexibility index (Phi) is 12.2. The Labute approximate surface area is 206 Å². The van der Waals surface area contributed by atoms with Crippen LogP contribution in [0.1, 0.15) is 89.4 Å². The number of carbonyl (C=O) groups is 3. The number of aryl methyl sites for hydroxylation is 1. The summed E-state index contributed by atoms with van der Waals surface area (Å²) < 4.78 is 0. The number of urea groups is 1. The van der Waals surface area contributed by atoms with E-state index in [9.17, 15) is 19.5 Å². The number of hydrogen-bond donors (Lipinski definition) is 4. The van der Waals surface area contributed by atoms with E-state index in [0.717, 1.165) is 49.9 Å². The van der Waals surface area contributed by atoms with E-state index in [2.05, 4.69) is 35.0 Å². The topological polar surface area (TPSA) is 108 Å². The fourth-order valence-corrected chi connectivity index (χ4v) is 4.82. The summed E-state index contributed by atoms with van der Waals surface area (Å²) in [5.41, 5.74) is 1.60. The van der Waals surface area contributed by atoms with Crippen molar-refractivity contribution in [2.24, 2.45) is 0 Å². The highest BCUT2D eigenvalue weighted by Crippen LogP contribution is 2.33. The second-order valence-corrected chi connectivity index (χ2v) is 9.43. The Balaban J connectivity index is 1.83. The zero-order chi connectivity index (χ0) is 24.8. The molecular weight excluding hydrogens is 450 g/mol. The number of carboxylic acids is 1. The third kappa shape index (κ3) is 9.17. The van der Waals surface area contributed by atoms with Gasteiger partial charge < -0.3 is 15.7 Å². The first-order chi connectivity index (χ1) is 16.4. The van der Waals surface area contributed by atoms with Gasteiger partial charge in [0.15, 0.2) is 0 Å². The van der Waals surface area contributed by atoms with Crippen molar-refractivity contribution in [3.05, 3.63) is 51.9 Å². The molecule has 186 valence electrons. The minimum atomic E-state index is -1.16. The quantitative estimate of drug-likeness (QED) is 0.231. The molecule has 0 atom stereocenters. The molecule has 1 aromatic carbocycles. The number of thiophene rings is 1. The predicted octanol–water partition coefficient (Wildman–Crippen LogP) is 5.99. The van der Waals surface area contributed by atoms with Gasteiger partial charge in [-0.15, -0.1) is 11.3 Å². The van der Waals surface area contributed by atoms with Crippen LogP contribution in [0, 0.1) is 6.92 Å². The molecular formula is C26H37N3O4S. The lowest BCUT2D eigenvalue weighted by Crippen LogP contribution is -2.29. The Bertz CT molecular complexity index is 928. The molecule has 34 heavy (non-hydrogen) atoms. The van der Waals surface area contributed by atoms with Crippen LogP contribution >= 0.6 is 11.3 Å². The summed E-state index contributed by atoms with van der Waals surface area (Å²) in [5, 5.41) is 18.1. The first-order valence-electron chi connectivity index (χ1n) is 12.2. The van der Waals surface area contributed by atoms with E-state index in [1.54, 1.807) is 6.92 Å². The maximum Gasteiger partial charge on any atom is 0.339 e. The van der Waals surface area contributed by atoms with Gasteiger partial charge in [-0.2, -0.15) is 0 Å². The third-order valence-electron chi connectivity index (χ3n) is 5.63. The molecule has 2 aromatic rings. The molecule has 7 nitrogen and oxygen atoms in total. The standard InChI is InChI=1S/C26H37N3O4S/c1-3-4-5-6-7-12-18-28-26(33)29-24-21(25(31)32)19(2)22(34-24)23(30)27-17-13-11-16-20-14-9-8-10-15-20/h8-10,14-15H,3-7,11-13,16-18H2,1-2H3,(H,27,30)(H,31,32)(H2,28,29,33). The van der Waals surface area contributed by atoms with Crippen LogP contribution in [0.2, 0.25) is 0 Å². The third-order valence-corrected chi connectivity index (χ3v) is 6.84. The maximum atomic E-state index is 12.7. The molecule has 0 unspecified atom stereocenters. The van der Waals surface area contributed by atoms with E-state index < -0.39 is 12.0 Å². The lowest BCUT2D eigenvalue weighted by Gasteiger charge is -2.07. The van der Waals surface area contributed by atoms with E-state index >= 15 is 0 Å². The zero-order valence-corrected chi connectivity index (χ0v) is 21.1. The Morgan fingerprint density at radius 2 is 1.53 bits per heavy atom. The SMILES string of the molecule is CCCCCCCCNC(=O)Nc1sc(C(=O)NCCCCc2ccccc2)c(C)c1C(=O)O. The van der Waals surface area contributed by atoms with Crippen LogP contribution in [0.3, 0.4) is 0 Å². The molecule has 0 spiro atoms. The molecule has 0 aliphatic rings. The number of carbonyl (C=O) groups excluding carboxylic acids is 2. The number of benzene rings is 1. The van der Waals surface area contributed by atoms with E-state index in [1.807, 2.05) is 18.2 Å². The van der Waals surface area contributed by atoms with Gasteiger partial charge in [-0.25, -0.2) is 9.59 Å². The lowest BCUT2D eigenvalue weighted by molar-refractivity contribution is 0.0697. The van der Waals surface area contributed by atoms with Crippen molar-refractivity contribution >= 4 is 34.2 Å². The van der Waals surface area contributed by atoms with E-state index in [1.165, 1.54) is 24.8 Å². The second-order valence-electron chi connectivity index (χ2n) is 8.41. The summed E-state index contributed by atoms with van der Waals surface area (Å²) in [6.07, 6.45) is 9.42. The fourth-order valence-electron chi connectivity index (χ4n) is 3.71. The van der Waals surface area contributed by atoms with Crippen LogP contribution in [-0.2, 0) is 6.42 Å². The van der Waals surface area contributed by atoms with Crippen molar-refractivity contribution in [2.45, 2.75) is 71.6 Å². The van der Waals surface area contributed by atoms with Crippen LogP contribution in [0.15, 0.2) is 30.3 Å². The van der Waals surface area contributed by atoms with E-state index in [-0.39, 0.29) is 16.5 Å². The minimum Gasteiger partial charge on any atom is -0.478 e. The predicted molar refractivity (Wildman–Crippen MR) is 138 cm³/mol. The van der Waals surface area contributed by atoms with Crippen LogP contribution in [0.5, 0.6) is 0 Å². The highest BCUT2D eigenvalue weighted by Gasteiger charge is 2.25. The number of amides is 3. The fraction of sp³-hybridized carbons (Fsp3) is 0.500. The van der Waals surface area contributed by atoms with Gasteiger partial charge in [-0.1, -0.05) is 69.4 Å².